The van der Waals surface area contributed by atoms with Gasteiger partial charge in [-0.15, -0.1) is 0 Å². The molecule has 106 valence electrons. The topological polar surface area (TPSA) is 47.4 Å². The lowest BCUT2D eigenvalue weighted by Gasteiger charge is -2.29. The zero-order valence-electron chi connectivity index (χ0n) is 12.1. The Morgan fingerprint density at radius 1 is 1.37 bits per heavy atom. The molecule has 1 saturated heterocycles. The highest BCUT2D eigenvalue weighted by Crippen LogP contribution is 2.16. The predicted octanol–water partition coefficient (Wildman–Crippen LogP) is 1.43. The first-order chi connectivity index (χ1) is 9.17. The minimum Gasteiger partial charge on any atom is -0.378 e. The Bertz CT molecular complexity index is 436. The van der Waals surface area contributed by atoms with Crippen LogP contribution < -0.4 is 0 Å². The van der Waals surface area contributed by atoms with Gasteiger partial charge in [0.25, 0.3) is 0 Å². The van der Waals surface area contributed by atoms with E-state index < -0.39 is 0 Å². The summed E-state index contributed by atoms with van der Waals surface area (Å²) in [7, 11) is 0. The molecule has 2 heterocycles. The Labute approximate surface area is 114 Å². The van der Waals surface area contributed by atoms with Crippen LogP contribution in [-0.4, -0.2) is 46.9 Å². The van der Waals surface area contributed by atoms with Crippen LogP contribution in [0.2, 0.25) is 0 Å². The van der Waals surface area contributed by atoms with Gasteiger partial charge in [0.2, 0.25) is 5.91 Å². The maximum Gasteiger partial charge on any atom is 0.247 e. The summed E-state index contributed by atoms with van der Waals surface area (Å²) in [5.41, 5.74) is 2.18. The Kier molecular flexibility index (Phi) is 4.58. The second-order valence-corrected chi connectivity index (χ2v) is 4.89. The van der Waals surface area contributed by atoms with Crippen LogP contribution in [0.3, 0.4) is 0 Å². The van der Waals surface area contributed by atoms with Crippen LogP contribution in [0.25, 0.3) is 0 Å². The first-order valence-electron chi connectivity index (χ1n) is 7.11. The molecule has 0 spiro atoms. The van der Waals surface area contributed by atoms with Crippen molar-refractivity contribution in [3.8, 4) is 0 Å². The number of hydrogen-bond acceptors (Lipinski definition) is 3. The molecule has 0 aromatic carbocycles. The lowest BCUT2D eigenvalue weighted by molar-refractivity contribution is -0.138. The molecule has 0 N–H and O–H groups in total. The third kappa shape index (κ3) is 2.97. The van der Waals surface area contributed by atoms with Gasteiger partial charge in [0.15, 0.2) is 0 Å². The molecule has 5 heteroatoms. The van der Waals surface area contributed by atoms with Crippen LogP contribution in [0.1, 0.15) is 38.2 Å². The monoisotopic (exact) mass is 265 g/mol. The normalized spacial score (nSPS) is 17.5. The van der Waals surface area contributed by atoms with Crippen LogP contribution in [0.5, 0.6) is 0 Å². The van der Waals surface area contributed by atoms with Crippen LogP contribution >= 0.6 is 0 Å². The van der Waals surface area contributed by atoms with Crippen molar-refractivity contribution < 1.29 is 9.53 Å². The van der Waals surface area contributed by atoms with Gasteiger partial charge in [0, 0.05) is 18.8 Å². The van der Waals surface area contributed by atoms with Crippen LogP contribution in [0, 0.1) is 0 Å². The fourth-order valence-electron chi connectivity index (χ4n) is 2.41. The van der Waals surface area contributed by atoms with Gasteiger partial charge in [-0.2, -0.15) is 5.10 Å². The van der Waals surface area contributed by atoms with Gasteiger partial charge in [-0.05, 0) is 25.8 Å². The van der Waals surface area contributed by atoms with Crippen molar-refractivity contribution in [3.63, 3.8) is 0 Å². The lowest BCUT2D eigenvalue weighted by Crippen LogP contribution is -2.44. The number of aromatic nitrogens is 2. The quantitative estimate of drug-likeness (QED) is 0.827. The van der Waals surface area contributed by atoms with Crippen LogP contribution in [-0.2, 0) is 22.4 Å². The fourth-order valence-corrected chi connectivity index (χ4v) is 2.41. The molecule has 19 heavy (non-hydrogen) atoms. The summed E-state index contributed by atoms with van der Waals surface area (Å²) < 4.78 is 7.17. The van der Waals surface area contributed by atoms with Crippen molar-refractivity contribution in [2.75, 3.05) is 26.3 Å². The average Bonchev–Trinajstić information content (AvgIpc) is 2.90. The van der Waals surface area contributed by atoms with E-state index in [1.807, 2.05) is 16.5 Å². The van der Waals surface area contributed by atoms with E-state index in [9.17, 15) is 4.79 Å². The number of rotatable bonds is 4. The number of aryl methyl sites for hydroxylation is 2. The highest BCUT2D eigenvalue weighted by molar-refractivity contribution is 5.80. The Hall–Kier alpha value is -1.36. The number of carbonyl (C=O) groups is 1. The minimum absolute atomic E-state index is 0.142. The molecule has 5 nitrogen and oxygen atoms in total. The zero-order chi connectivity index (χ0) is 13.8. The van der Waals surface area contributed by atoms with Crippen molar-refractivity contribution in [3.05, 3.63) is 17.5 Å². The van der Waals surface area contributed by atoms with Gasteiger partial charge in [0.05, 0.1) is 18.9 Å². The number of ether oxygens (including phenoxy) is 1. The molecule has 1 aromatic rings. The Balaban J connectivity index is 2.15. The van der Waals surface area contributed by atoms with Gasteiger partial charge in [-0.1, -0.05) is 13.8 Å². The van der Waals surface area contributed by atoms with Gasteiger partial charge >= 0.3 is 0 Å². The van der Waals surface area contributed by atoms with Crippen molar-refractivity contribution in [2.24, 2.45) is 0 Å². The van der Waals surface area contributed by atoms with Gasteiger partial charge < -0.3 is 9.64 Å². The summed E-state index contributed by atoms with van der Waals surface area (Å²) in [5, 5.41) is 4.55. The fraction of sp³-hybridized carbons (Fsp3) is 0.714. The van der Waals surface area contributed by atoms with E-state index in [0.717, 1.165) is 24.2 Å². The predicted molar refractivity (Wildman–Crippen MR) is 73.1 cm³/mol. The van der Waals surface area contributed by atoms with Gasteiger partial charge in [0.1, 0.15) is 6.04 Å². The first kappa shape index (κ1) is 14.1. The molecule has 1 amide bonds. The van der Waals surface area contributed by atoms with Crippen molar-refractivity contribution in [1.82, 2.24) is 14.7 Å². The zero-order valence-corrected chi connectivity index (χ0v) is 12.1. The molecular weight excluding hydrogens is 242 g/mol. The summed E-state index contributed by atoms with van der Waals surface area (Å²) in [5.74, 6) is 0.142. The molecule has 1 aromatic heterocycles. The Morgan fingerprint density at radius 2 is 2.05 bits per heavy atom. The lowest BCUT2D eigenvalue weighted by atomic mass is 10.2. The van der Waals surface area contributed by atoms with Crippen LogP contribution in [0.15, 0.2) is 6.07 Å². The first-order valence-corrected chi connectivity index (χ1v) is 7.11. The molecule has 1 aliphatic rings. The van der Waals surface area contributed by atoms with E-state index in [4.69, 9.17) is 4.74 Å². The van der Waals surface area contributed by atoms with E-state index in [0.29, 0.717) is 26.3 Å². The van der Waals surface area contributed by atoms with Crippen molar-refractivity contribution in [2.45, 2.75) is 39.7 Å². The SMILES string of the molecule is CCc1cc(CC)n(C(C)C(=O)N2CCOCC2)n1. The molecule has 2 rings (SSSR count). The summed E-state index contributed by atoms with van der Waals surface area (Å²) >= 11 is 0. The summed E-state index contributed by atoms with van der Waals surface area (Å²) in [6.07, 6.45) is 1.80. The average molecular weight is 265 g/mol. The molecule has 0 aliphatic carbocycles. The molecule has 0 radical (unpaired) electrons. The third-order valence-electron chi connectivity index (χ3n) is 3.64. The number of carbonyl (C=O) groups excluding carboxylic acids is 1. The summed E-state index contributed by atoms with van der Waals surface area (Å²) in [4.78, 5) is 14.3. The van der Waals surface area contributed by atoms with E-state index >= 15 is 0 Å². The van der Waals surface area contributed by atoms with Crippen molar-refractivity contribution >= 4 is 5.91 Å². The Morgan fingerprint density at radius 3 is 2.63 bits per heavy atom. The second kappa shape index (κ2) is 6.19. The summed E-state index contributed by atoms with van der Waals surface area (Å²) in [6.45, 7) is 8.76. The smallest absolute Gasteiger partial charge is 0.247 e. The molecule has 1 atom stereocenters. The van der Waals surface area contributed by atoms with Gasteiger partial charge in [-0.25, -0.2) is 0 Å². The minimum atomic E-state index is -0.228. The number of hydrogen-bond donors (Lipinski definition) is 0. The number of amides is 1. The van der Waals surface area contributed by atoms with Gasteiger partial charge in [-0.3, -0.25) is 9.48 Å². The third-order valence-corrected chi connectivity index (χ3v) is 3.64. The highest BCUT2D eigenvalue weighted by atomic mass is 16.5. The highest BCUT2D eigenvalue weighted by Gasteiger charge is 2.25. The van der Waals surface area contributed by atoms with E-state index in [1.54, 1.807) is 0 Å². The molecule has 1 aliphatic heterocycles. The van der Waals surface area contributed by atoms with E-state index in [1.165, 1.54) is 0 Å². The number of nitrogens with zero attached hydrogens (tertiary/aromatic N) is 3. The molecular formula is C14H23N3O2. The summed E-state index contributed by atoms with van der Waals surface area (Å²) in [6, 6.07) is 1.87. The molecule has 0 bridgehead atoms. The maximum absolute atomic E-state index is 12.5. The number of morpholine rings is 1. The van der Waals surface area contributed by atoms with E-state index in [-0.39, 0.29) is 11.9 Å². The van der Waals surface area contributed by atoms with Crippen molar-refractivity contribution in [1.29, 1.82) is 0 Å². The standard InChI is InChI=1S/C14H23N3O2/c1-4-12-10-13(5-2)17(15-12)11(3)14(18)16-6-8-19-9-7-16/h10-11H,4-9H2,1-3H3. The van der Waals surface area contributed by atoms with E-state index in [2.05, 4.69) is 25.0 Å². The molecule has 0 saturated carbocycles. The second-order valence-electron chi connectivity index (χ2n) is 4.89. The largest absolute Gasteiger partial charge is 0.378 e. The maximum atomic E-state index is 12.5. The van der Waals surface area contributed by atoms with Crippen LogP contribution in [0.4, 0.5) is 0 Å². The molecule has 1 unspecified atom stereocenters. The molecule has 1 fully saturated rings.